The molecule has 2 aromatic heterocycles. The van der Waals surface area contributed by atoms with E-state index in [9.17, 15) is 18.0 Å². The molecular formula is C21H22BrF3N6O3. The summed E-state index contributed by atoms with van der Waals surface area (Å²) in [5.74, 6) is -2.30. The van der Waals surface area contributed by atoms with Gasteiger partial charge >= 0.3 is 12.1 Å². The molecule has 0 bridgehead atoms. The van der Waals surface area contributed by atoms with E-state index in [4.69, 9.17) is 15.6 Å². The summed E-state index contributed by atoms with van der Waals surface area (Å²) in [5, 5.41) is 17.7. The van der Waals surface area contributed by atoms with Gasteiger partial charge in [0, 0.05) is 22.8 Å². The van der Waals surface area contributed by atoms with Gasteiger partial charge in [-0.2, -0.15) is 18.3 Å². The third kappa shape index (κ3) is 6.44. The van der Waals surface area contributed by atoms with Gasteiger partial charge in [-0.15, -0.1) is 0 Å². The van der Waals surface area contributed by atoms with Gasteiger partial charge in [0.2, 0.25) is 0 Å². The molecule has 0 unspecified atom stereocenters. The summed E-state index contributed by atoms with van der Waals surface area (Å²) in [4.78, 5) is 26.2. The number of hydrogen-bond acceptors (Lipinski definition) is 6. The van der Waals surface area contributed by atoms with Gasteiger partial charge in [0.1, 0.15) is 11.4 Å². The highest BCUT2D eigenvalue weighted by Gasteiger charge is 2.38. The first-order valence-electron chi connectivity index (χ1n) is 10.3. The molecule has 9 nitrogen and oxygen atoms in total. The number of carboxylic acid groups (broad SMARTS) is 1. The Balaban J connectivity index is 0.000000406. The monoisotopic (exact) mass is 542 g/mol. The Morgan fingerprint density at radius 1 is 1.18 bits per heavy atom. The predicted molar refractivity (Wildman–Crippen MR) is 123 cm³/mol. The smallest absolute Gasteiger partial charge is 0.475 e. The Hall–Kier alpha value is -3.19. The maximum absolute atomic E-state index is 12.7. The van der Waals surface area contributed by atoms with Crippen LogP contribution in [0.1, 0.15) is 36.0 Å². The van der Waals surface area contributed by atoms with Crippen LogP contribution < -0.4 is 16.4 Å². The summed E-state index contributed by atoms with van der Waals surface area (Å²) < 4.78 is 34.2. The van der Waals surface area contributed by atoms with E-state index < -0.39 is 12.1 Å². The fraction of sp³-hybridized carbons (Fsp3) is 0.333. The summed E-state index contributed by atoms with van der Waals surface area (Å²) >= 11 is 3.44. The summed E-state index contributed by atoms with van der Waals surface area (Å²) in [6, 6.07) is 9.65. The van der Waals surface area contributed by atoms with Crippen molar-refractivity contribution in [1.82, 2.24) is 14.6 Å². The highest BCUT2D eigenvalue weighted by molar-refractivity contribution is 9.10. The molecule has 5 N–H and O–H groups in total. The van der Waals surface area contributed by atoms with Crippen molar-refractivity contribution in [1.29, 1.82) is 0 Å². The lowest BCUT2D eigenvalue weighted by molar-refractivity contribution is -0.192. The van der Waals surface area contributed by atoms with Crippen LogP contribution in [0.5, 0.6) is 0 Å². The Morgan fingerprint density at radius 2 is 1.85 bits per heavy atom. The number of fused-ring (bicyclic) bond motifs is 1. The van der Waals surface area contributed by atoms with Crippen molar-refractivity contribution in [2.24, 2.45) is 5.73 Å². The number of carbonyl (C=O) groups excluding carboxylic acids is 1. The number of carboxylic acids is 1. The normalized spacial score (nSPS) is 18.0. The first kappa shape index (κ1) is 25.4. The summed E-state index contributed by atoms with van der Waals surface area (Å²) in [6.07, 6.45) is 2.64. The van der Waals surface area contributed by atoms with Crippen LogP contribution in [0.25, 0.3) is 5.65 Å². The number of nitrogens with two attached hydrogens (primary N) is 1. The second kappa shape index (κ2) is 10.8. The molecular weight excluding hydrogens is 521 g/mol. The quantitative estimate of drug-likeness (QED) is 0.390. The van der Waals surface area contributed by atoms with Crippen LogP contribution in [0.15, 0.2) is 47.2 Å². The van der Waals surface area contributed by atoms with E-state index in [1.807, 2.05) is 30.3 Å². The summed E-state index contributed by atoms with van der Waals surface area (Å²) in [7, 11) is 0. The Kier molecular flexibility index (Phi) is 8.10. The van der Waals surface area contributed by atoms with Crippen LogP contribution in [0.3, 0.4) is 0 Å². The first-order valence-corrected chi connectivity index (χ1v) is 11.1. The van der Waals surface area contributed by atoms with Crippen molar-refractivity contribution < 1.29 is 27.9 Å². The largest absolute Gasteiger partial charge is 0.490 e. The lowest BCUT2D eigenvalue weighted by Crippen LogP contribution is -2.42. The molecule has 1 aromatic carbocycles. The maximum atomic E-state index is 12.7. The van der Waals surface area contributed by atoms with E-state index in [1.165, 1.54) is 19.0 Å². The van der Waals surface area contributed by atoms with Gasteiger partial charge < -0.3 is 21.5 Å². The standard InChI is InChI=1S/C19H21BrN6O.C2HF3O2/c20-13-5-1-3-7-15(13)24-19(27)12-11-22-26-10-9-17(25-18(12)26)23-16-8-4-2-6-14(16)21;3-2(4,5)1(6)7/h1,3,5,7,9-11,14,16H,2,4,6,8,21H2,(H,23,25)(H,24,27);(H,6,7)/t14-,16+;/m0./s1. The number of aliphatic carboxylic acids is 1. The second-order valence-corrected chi connectivity index (χ2v) is 8.43. The minimum absolute atomic E-state index is 0.125. The number of amides is 1. The zero-order valence-corrected chi connectivity index (χ0v) is 19.3. The van der Waals surface area contributed by atoms with Crippen molar-refractivity contribution >= 4 is 45.0 Å². The molecule has 1 fully saturated rings. The van der Waals surface area contributed by atoms with Crippen LogP contribution in [0.4, 0.5) is 24.7 Å². The third-order valence-electron chi connectivity index (χ3n) is 5.13. The lowest BCUT2D eigenvalue weighted by atomic mass is 9.91. The van der Waals surface area contributed by atoms with Crippen molar-refractivity contribution in [2.45, 2.75) is 43.9 Å². The number of halogens is 4. The number of rotatable bonds is 4. The van der Waals surface area contributed by atoms with E-state index >= 15 is 0 Å². The Labute approximate surface area is 200 Å². The molecule has 0 radical (unpaired) electrons. The van der Waals surface area contributed by atoms with Gasteiger partial charge in [0.15, 0.2) is 5.65 Å². The number of alkyl halides is 3. The number of carbonyl (C=O) groups is 2. The summed E-state index contributed by atoms with van der Waals surface area (Å²) in [6.45, 7) is 0. The zero-order chi connectivity index (χ0) is 24.9. The van der Waals surface area contributed by atoms with Gasteiger partial charge in [0.05, 0.1) is 11.9 Å². The highest BCUT2D eigenvalue weighted by atomic mass is 79.9. The number of nitrogens with one attached hydrogen (secondary N) is 2. The van der Waals surface area contributed by atoms with Crippen molar-refractivity contribution in [3.05, 3.63) is 52.8 Å². The topological polar surface area (TPSA) is 135 Å². The average Bonchev–Trinajstić information content (AvgIpc) is 3.20. The van der Waals surface area contributed by atoms with Crippen LogP contribution in [0.2, 0.25) is 0 Å². The van der Waals surface area contributed by atoms with Crippen molar-refractivity contribution in [3.8, 4) is 0 Å². The lowest BCUT2D eigenvalue weighted by Gasteiger charge is -2.29. The molecule has 1 aliphatic rings. The van der Waals surface area contributed by atoms with Crippen molar-refractivity contribution in [3.63, 3.8) is 0 Å². The van der Waals surface area contributed by atoms with E-state index in [2.05, 4.69) is 36.6 Å². The Bertz CT molecular complexity index is 1170. The minimum Gasteiger partial charge on any atom is -0.475 e. The van der Waals surface area contributed by atoms with E-state index in [1.54, 1.807) is 10.7 Å². The molecule has 3 aromatic rings. The fourth-order valence-corrected chi connectivity index (χ4v) is 3.77. The van der Waals surface area contributed by atoms with E-state index in [0.29, 0.717) is 22.7 Å². The minimum atomic E-state index is -5.08. The molecule has 0 saturated heterocycles. The number of nitrogens with zero attached hydrogens (tertiary/aromatic N) is 3. The van der Waals surface area contributed by atoms with Crippen molar-refractivity contribution in [2.75, 3.05) is 10.6 Å². The third-order valence-corrected chi connectivity index (χ3v) is 5.82. The van der Waals surface area contributed by atoms with Crippen LogP contribution in [-0.4, -0.2) is 49.8 Å². The highest BCUT2D eigenvalue weighted by Crippen LogP contribution is 2.24. The number of para-hydroxylation sites is 1. The van der Waals surface area contributed by atoms with E-state index in [-0.39, 0.29) is 18.0 Å². The molecule has 1 amide bonds. The second-order valence-electron chi connectivity index (χ2n) is 7.58. The molecule has 2 heterocycles. The fourth-order valence-electron chi connectivity index (χ4n) is 3.39. The first-order chi connectivity index (χ1) is 16.1. The van der Waals surface area contributed by atoms with Gasteiger partial charge in [-0.3, -0.25) is 4.79 Å². The number of aromatic nitrogens is 3. The van der Waals surface area contributed by atoms with Gasteiger partial charge in [-0.05, 0) is 47.0 Å². The van der Waals surface area contributed by atoms with Crippen LogP contribution in [0, 0.1) is 0 Å². The predicted octanol–water partition coefficient (Wildman–Crippen LogP) is 4.06. The number of benzene rings is 1. The molecule has 1 aliphatic carbocycles. The number of hydrogen-bond donors (Lipinski definition) is 4. The molecule has 34 heavy (non-hydrogen) atoms. The molecule has 0 spiro atoms. The van der Waals surface area contributed by atoms with Gasteiger partial charge in [0.25, 0.3) is 5.91 Å². The zero-order valence-electron chi connectivity index (χ0n) is 17.7. The van der Waals surface area contributed by atoms with Crippen LogP contribution >= 0.6 is 15.9 Å². The molecule has 1 saturated carbocycles. The maximum Gasteiger partial charge on any atom is 0.490 e. The molecule has 2 atom stereocenters. The van der Waals surface area contributed by atoms with Crippen LogP contribution in [-0.2, 0) is 4.79 Å². The molecule has 4 rings (SSSR count). The van der Waals surface area contributed by atoms with E-state index in [0.717, 1.165) is 17.3 Å². The van der Waals surface area contributed by atoms with Gasteiger partial charge in [-0.25, -0.2) is 14.3 Å². The summed E-state index contributed by atoms with van der Waals surface area (Å²) in [5.41, 5.74) is 7.85. The molecule has 0 aliphatic heterocycles. The van der Waals surface area contributed by atoms with Gasteiger partial charge in [-0.1, -0.05) is 25.0 Å². The Morgan fingerprint density at radius 3 is 2.50 bits per heavy atom. The SMILES string of the molecule is N[C@H]1CCCC[C@H]1Nc1ccn2ncc(C(=O)Nc3ccccc3Br)c2n1.O=C(O)C(F)(F)F. The molecule has 182 valence electrons. The average molecular weight is 543 g/mol. The number of anilines is 2. The molecule has 13 heteroatoms.